The molecule has 116 valence electrons. The summed E-state index contributed by atoms with van der Waals surface area (Å²) >= 11 is 0. The molecule has 0 aliphatic heterocycles. The van der Waals surface area contributed by atoms with Gasteiger partial charge in [0.25, 0.3) is 0 Å². The summed E-state index contributed by atoms with van der Waals surface area (Å²) < 4.78 is 0. The van der Waals surface area contributed by atoms with Crippen LogP contribution in [0.3, 0.4) is 0 Å². The topological polar surface area (TPSA) is 156 Å². The maximum absolute atomic E-state index is 11.8. The number of amides is 2. The van der Waals surface area contributed by atoms with E-state index in [1.165, 1.54) is 6.92 Å². The number of aldehydes is 1. The Labute approximate surface area is 115 Å². The number of aliphatic hydroxyl groups is 4. The molecule has 20 heavy (non-hydrogen) atoms. The van der Waals surface area contributed by atoms with Gasteiger partial charge in [0.1, 0.15) is 18.2 Å². The van der Waals surface area contributed by atoms with Crippen LogP contribution in [0, 0.1) is 0 Å². The molecule has 0 aromatic heterocycles. The lowest BCUT2D eigenvalue weighted by Crippen LogP contribution is -2.59. The van der Waals surface area contributed by atoms with Crippen LogP contribution in [0.1, 0.15) is 13.8 Å². The van der Waals surface area contributed by atoms with Crippen LogP contribution in [0.5, 0.6) is 0 Å². The van der Waals surface area contributed by atoms with Crippen molar-refractivity contribution < 1.29 is 34.8 Å². The third kappa shape index (κ3) is 5.61. The Hall–Kier alpha value is -1.55. The molecule has 0 aromatic carbocycles. The minimum Gasteiger partial charge on any atom is -0.394 e. The molecule has 0 saturated heterocycles. The molecule has 5 atom stereocenters. The van der Waals surface area contributed by atoms with Crippen molar-refractivity contribution in [3.8, 4) is 0 Å². The highest BCUT2D eigenvalue weighted by atomic mass is 16.3. The van der Waals surface area contributed by atoms with Crippen molar-refractivity contribution >= 4 is 18.1 Å². The molecule has 0 rings (SSSR count). The molecule has 0 heterocycles. The van der Waals surface area contributed by atoms with Crippen molar-refractivity contribution in [3.05, 3.63) is 0 Å². The largest absolute Gasteiger partial charge is 0.394 e. The van der Waals surface area contributed by atoms with Crippen LogP contribution in [-0.2, 0) is 14.4 Å². The highest BCUT2D eigenvalue weighted by Crippen LogP contribution is 2.04. The van der Waals surface area contributed by atoms with Crippen LogP contribution in [0.25, 0.3) is 0 Å². The average Bonchev–Trinajstić information content (AvgIpc) is 2.39. The second-order valence-corrected chi connectivity index (χ2v) is 4.33. The fourth-order valence-electron chi connectivity index (χ4n) is 1.46. The highest BCUT2D eigenvalue weighted by molar-refractivity contribution is 5.87. The summed E-state index contributed by atoms with van der Waals surface area (Å²) in [5, 5.41) is 41.5. The van der Waals surface area contributed by atoms with Crippen LogP contribution in [0.15, 0.2) is 0 Å². The quantitative estimate of drug-likeness (QED) is 0.251. The van der Waals surface area contributed by atoms with Gasteiger partial charge in [0, 0.05) is 6.92 Å². The Morgan fingerprint density at radius 1 is 1.20 bits per heavy atom. The third-order valence-electron chi connectivity index (χ3n) is 2.56. The van der Waals surface area contributed by atoms with Crippen molar-refractivity contribution in [2.24, 2.45) is 0 Å². The minimum atomic E-state index is -1.75. The molecule has 6 N–H and O–H groups in total. The molecule has 0 radical (unpaired) electrons. The van der Waals surface area contributed by atoms with Crippen LogP contribution in [0.4, 0.5) is 0 Å². The number of hydrogen-bond acceptors (Lipinski definition) is 7. The zero-order chi connectivity index (χ0) is 15.9. The van der Waals surface area contributed by atoms with Gasteiger partial charge in [0.15, 0.2) is 6.29 Å². The van der Waals surface area contributed by atoms with Gasteiger partial charge in [-0.05, 0) is 6.92 Å². The summed E-state index contributed by atoms with van der Waals surface area (Å²) in [6.07, 6.45) is -4.58. The highest BCUT2D eigenvalue weighted by Gasteiger charge is 2.33. The number of carbonyl (C=O) groups excluding carboxylic acids is 3. The number of aliphatic hydroxyl groups excluding tert-OH is 4. The van der Waals surface area contributed by atoms with Crippen molar-refractivity contribution in [2.45, 2.75) is 44.2 Å². The van der Waals surface area contributed by atoms with Gasteiger partial charge in [-0.15, -0.1) is 0 Å². The third-order valence-corrected chi connectivity index (χ3v) is 2.56. The van der Waals surface area contributed by atoms with Gasteiger partial charge >= 0.3 is 0 Å². The predicted octanol–water partition coefficient (Wildman–Crippen LogP) is -3.73. The molecule has 9 heteroatoms. The smallest absolute Gasteiger partial charge is 0.245 e. The summed E-state index contributed by atoms with van der Waals surface area (Å²) in [7, 11) is 0. The normalized spacial score (nSPS) is 18.3. The van der Waals surface area contributed by atoms with Crippen LogP contribution in [0.2, 0.25) is 0 Å². The van der Waals surface area contributed by atoms with Gasteiger partial charge in [-0.25, -0.2) is 0 Å². The van der Waals surface area contributed by atoms with Gasteiger partial charge in [0.05, 0.1) is 18.8 Å². The standard InChI is InChI=1S/C11H20N2O7/c1-5(16)10(19)9(8(18)4-15)13-11(20)7(3-14)12-6(2)17/h4-5,7-10,14,16,18-19H,3H2,1-2H3,(H,12,17)(H,13,20)/t5-,7?,8+,9-,10-/m1/s1. The van der Waals surface area contributed by atoms with E-state index in [0.29, 0.717) is 0 Å². The lowest BCUT2D eigenvalue weighted by atomic mass is 10.0. The Balaban J connectivity index is 4.91. The van der Waals surface area contributed by atoms with Gasteiger partial charge in [-0.1, -0.05) is 0 Å². The number of hydrogen-bond donors (Lipinski definition) is 6. The number of rotatable bonds is 8. The van der Waals surface area contributed by atoms with E-state index in [-0.39, 0.29) is 6.29 Å². The monoisotopic (exact) mass is 292 g/mol. The van der Waals surface area contributed by atoms with E-state index in [0.717, 1.165) is 6.92 Å². The first-order chi connectivity index (χ1) is 9.24. The van der Waals surface area contributed by atoms with Gasteiger partial charge < -0.3 is 35.9 Å². The summed E-state index contributed by atoms with van der Waals surface area (Å²) in [6.45, 7) is 1.64. The van der Waals surface area contributed by atoms with Crippen LogP contribution < -0.4 is 10.6 Å². The first kappa shape index (κ1) is 18.4. The van der Waals surface area contributed by atoms with Crippen LogP contribution in [-0.4, -0.2) is 75.5 Å². The molecule has 0 aliphatic carbocycles. The summed E-state index contributed by atoms with van der Waals surface area (Å²) in [5.74, 6) is -1.48. The van der Waals surface area contributed by atoms with Crippen molar-refractivity contribution in [3.63, 3.8) is 0 Å². The van der Waals surface area contributed by atoms with E-state index in [1.807, 2.05) is 0 Å². The summed E-state index contributed by atoms with van der Waals surface area (Å²) in [6, 6.07) is -2.77. The summed E-state index contributed by atoms with van der Waals surface area (Å²) in [5.41, 5.74) is 0. The zero-order valence-electron chi connectivity index (χ0n) is 11.2. The molecule has 0 aromatic rings. The average molecular weight is 292 g/mol. The maximum atomic E-state index is 11.8. The molecule has 0 fully saturated rings. The molecule has 1 unspecified atom stereocenters. The first-order valence-corrected chi connectivity index (χ1v) is 5.92. The van der Waals surface area contributed by atoms with E-state index in [2.05, 4.69) is 10.6 Å². The number of carbonyl (C=O) groups is 3. The van der Waals surface area contributed by atoms with Crippen molar-refractivity contribution in [2.75, 3.05) is 6.61 Å². The molecule has 9 nitrogen and oxygen atoms in total. The van der Waals surface area contributed by atoms with E-state index < -0.39 is 48.8 Å². The Kier molecular flexibility index (Phi) is 7.92. The fraction of sp³-hybridized carbons (Fsp3) is 0.727. The van der Waals surface area contributed by atoms with Gasteiger partial charge in [0.2, 0.25) is 11.8 Å². The lowest BCUT2D eigenvalue weighted by molar-refractivity contribution is -0.133. The Morgan fingerprint density at radius 3 is 2.10 bits per heavy atom. The SMILES string of the molecule is CC(=O)NC(CO)C(=O)N[C@@H]([C@H](O)[C@@H](C)O)[C@@H](O)C=O. The second-order valence-electron chi connectivity index (χ2n) is 4.33. The second kappa shape index (κ2) is 8.59. The van der Waals surface area contributed by atoms with E-state index >= 15 is 0 Å². The van der Waals surface area contributed by atoms with Crippen molar-refractivity contribution in [1.82, 2.24) is 10.6 Å². The van der Waals surface area contributed by atoms with Gasteiger partial charge in [-0.3, -0.25) is 9.59 Å². The van der Waals surface area contributed by atoms with E-state index in [4.69, 9.17) is 5.11 Å². The molecule has 0 spiro atoms. The fourth-order valence-corrected chi connectivity index (χ4v) is 1.46. The molecular weight excluding hydrogens is 272 g/mol. The van der Waals surface area contributed by atoms with E-state index in [9.17, 15) is 29.7 Å². The molecule has 0 aliphatic rings. The molecule has 0 bridgehead atoms. The lowest BCUT2D eigenvalue weighted by Gasteiger charge is -2.29. The predicted molar refractivity (Wildman–Crippen MR) is 66.4 cm³/mol. The number of nitrogens with one attached hydrogen (secondary N) is 2. The molecular formula is C11H20N2O7. The summed E-state index contributed by atoms with van der Waals surface area (Å²) in [4.78, 5) is 33.2. The molecule has 2 amide bonds. The van der Waals surface area contributed by atoms with Gasteiger partial charge in [-0.2, -0.15) is 0 Å². The first-order valence-electron chi connectivity index (χ1n) is 5.92. The van der Waals surface area contributed by atoms with Crippen molar-refractivity contribution in [1.29, 1.82) is 0 Å². The Morgan fingerprint density at radius 2 is 1.75 bits per heavy atom. The van der Waals surface area contributed by atoms with E-state index in [1.54, 1.807) is 0 Å². The molecule has 0 saturated carbocycles. The Bertz CT molecular complexity index is 348. The minimum absolute atomic E-state index is 0.0862. The van der Waals surface area contributed by atoms with Crippen LogP contribution >= 0.6 is 0 Å². The maximum Gasteiger partial charge on any atom is 0.245 e. The zero-order valence-corrected chi connectivity index (χ0v) is 11.2.